The molecule has 1 fully saturated rings. The van der Waals surface area contributed by atoms with Crippen molar-refractivity contribution in [2.45, 2.75) is 65.1 Å². The summed E-state index contributed by atoms with van der Waals surface area (Å²) in [6.07, 6.45) is -4.48. The smallest absolute Gasteiger partial charge is 0.417 e. The predicted molar refractivity (Wildman–Crippen MR) is 140 cm³/mol. The van der Waals surface area contributed by atoms with Crippen molar-refractivity contribution in [1.82, 2.24) is 4.90 Å². The van der Waals surface area contributed by atoms with Crippen molar-refractivity contribution < 1.29 is 37.0 Å². The van der Waals surface area contributed by atoms with Crippen LogP contribution < -0.4 is 4.90 Å². The van der Waals surface area contributed by atoms with E-state index in [-0.39, 0.29) is 17.2 Å². The molecule has 0 saturated carbocycles. The minimum atomic E-state index is -4.52. The number of nitrogens with zero attached hydrogens (tertiary/aromatic N) is 2. The standard InChI is InChI=1S/C30H29F3N2O5/c1-16-17(2)27(34(25(16)36)20-12-10-19(11-13-20)30(31,32)33)39-15-23-22-14-18-8-6-7-9-21(18)24(22)35(26(23)37)28(38)40-29(3,4)5/h6-13,15,22,24,27H,14H2,1-5H3/b23-15+. The highest BCUT2D eigenvalue weighted by molar-refractivity contribution is 6.09. The number of alkyl halides is 3. The van der Waals surface area contributed by atoms with E-state index in [1.165, 1.54) is 23.3 Å². The summed E-state index contributed by atoms with van der Waals surface area (Å²) in [5.41, 5.74) is 1.61. The van der Waals surface area contributed by atoms with E-state index in [0.717, 1.165) is 28.2 Å². The van der Waals surface area contributed by atoms with Crippen molar-refractivity contribution in [3.8, 4) is 0 Å². The molecule has 3 aliphatic rings. The summed E-state index contributed by atoms with van der Waals surface area (Å²) >= 11 is 0. The van der Waals surface area contributed by atoms with Gasteiger partial charge in [0.1, 0.15) is 5.60 Å². The predicted octanol–water partition coefficient (Wildman–Crippen LogP) is 6.31. The second kappa shape index (κ2) is 9.53. The Morgan fingerprint density at radius 2 is 1.62 bits per heavy atom. The van der Waals surface area contributed by atoms with Gasteiger partial charge in [-0.2, -0.15) is 13.2 Å². The van der Waals surface area contributed by atoms with E-state index in [4.69, 9.17) is 9.47 Å². The van der Waals surface area contributed by atoms with Gasteiger partial charge in [0.2, 0.25) is 6.23 Å². The molecule has 0 N–H and O–H groups in total. The normalized spacial score (nSPS) is 23.7. The number of imide groups is 1. The molecule has 3 unspecified atom stereocenters. The number of halogens is 3. The zero-order chi connectivity index (χ0) is 29.1. The van der Waals surface area contributed by atoms with Crippen LogP contribution in [0.5, 0.6) is 0 Å². The van der Waals surface area contributed by atoms with Crippen molar-refractivity contribution in [2.24, 2.45) is 5.92 Å². The molecule has 2 heterocycles. The van der Waals surface area contributed by atoms with Gasteiger partial charge in [-0.1, -0.05) is 24.3 Å². The van der Waals surface area contributed by atoms with Crippen LogP contribution in [0.3, 0.4) is 0 Å². The van der Waals surface area contributed by atoms with Crippen molar-refractivity contribution in [3.05, 3.63) is 88.2 Å². The van der Waals surface area contributed by atoms with Gasteiger partial charge in [-0.25, -0.2) is 9.69 Å². The number of rotatable bonds is 3. The molecule has 7 nitrogen and oxygen atoms in total. The molecular formula is C30H29F3N2O5. The third-order valence-corrected chi connectivity index (χ3v) is 7.46. The number of hydrogen-bond acceptors (Lipinski definition) is 5. The first-order valence-corrected chi connectivity index (χ1v) is 12.9. The number of anilines is 1. The van der Waals surface area contributed by atoms with Gasteiger partial charge >= 0.3 is 12.3 Å². The Morgan fingerprint density at radius 1 is 0.975 bits per heavy atom. The topological polar surface area (TPSA) is 76.2 Å². The maximum atomic E-state index is 13.6. The highest BCUT2D eigenvalue weighted by Gasteiger charge is 2.53. The van der Waals surface area contributed by atoms with Crippen molar-refractivity contribution >= 4 is 23.6 Å². The Bertz CT molecular complexity index is 1450. The average Bonchev–Trinajstić information content (AvgIpc) is 3.44. The van der Waals surface area contributed by atoms with E-state index >= 15 is 0 Å². The minimum Gasteiger partial charge on any atom is -0.473 e. The van der Waals surface area contributed by atoms with E-state index < -0.39 is 47.5 Å². The lowest BCUT2D eigenvalue weighted by Crippen LogP contribution is -2.39. The third-order valence-electron chi connectivity index (χ3n) is 7.46. The van der Waals surface area contributed by atoms with Gasteiger partial charge in [0.15, 0.2) is 0 Å². The molecule has 2 aliphatic heterocycles. The van der Waals surface area contributed by atoms with E-state index in [2.05, 4.69) is 0 Å². The quantitative estimate of drug-likeness (QED) is 0.329. The lowest BCUT2D eigenvalue weighted by atomic mass is 9.97. The fraction of sp³-hybridized carbons (Fsp3) is 0.367. The first-order chi connectivity index (χ1) is 18.7. The average molecular weight is 555 g/mol. The fourth-order valence-corrected chi connectivity index (χ4v) is 5.44. The summed E-state index contributed by atoms with van der Waals surface area (Å²) in [4.78, 5) is 42.3. The summed E-state index contributed by atoms with van der Waals surface area (Å²) in [5, 5.41) is 0. The molecule has 40 heavy (non-hydrogen) atoms. The largest absolute Gasteiger partial charge is 0.473 e. The van der Waals surface area contributed by atoms with Crippen LogP contribution in [-0.2, 0) is 31.7 Å². The second-order valence-corrected chi connectivity index (χ2v) is 11.2. The van der Waals surface area contributed by atoms with Crippen LogP contribution in [0.1, 0.15) is 57.4 Å². The molecule has 3 amide bonds. The molecule has 1 aliphatic carbocycles. The fourth-order valence-electron chi connectivity index (χ4n) is 5.44. The second-order valence-electron chi connectivity index (χ2n) is 11.2. The Balaban J connectivity index is 1.48. The molecule has 5 rings (SSSR count). The zero-order valence-electron chi connectivity index (χ0n) is 22.7. The summed E-state index contributed by atoms with van der Waals surface area (Å²) in [6.45, 7) is 8.46. The van der Waals surface area contributed by atoms with Gasteiger partial charge < -0.3 is 9.47 Å². The van der Waals surface area contributed by atoms with Crippen LogP contribution in [0, 0.1) is 5.92 Å². The van der Waals surface area contributed by atoms with Gasteiger partial charge in [0.05, 0.1) is 23.4 Å². The van der Waals surface area contributed by atoms with Crippen LogP contribution in [0.15, 0.2) is 71.5 Å². The number of benzene rings is 2. The Hall–Kier alpha value is -4.08. The van der Waals surface area contributed by atoms with E-state index in [1.807, 2.05) is 24.3 Å². The minimum absolute atomic E-state index is 0.219. The number of fused-ring (bicyclic) bond motifs is 3. The van der Waals surface area contributed by atoms with Gasteiger partial charge in [-0.3, -0.25) is 14.5 Å². The van der Waals surface area contributed by atoms with Gasteiger partial charge in [0.25, 0.3) is 11.8 Å². The number of ether oxygens (including phenoxy) is 2. The van der Waals surface area contributed by atoms with E-state index in [9.17, 15) is 27.6 Å². The Kier molecular flexibility index (Phi) is 6.55. The number of carbonyl (C=O) groups excluding carboxylic acids is 3. The van der Waals surface area contributed by atoms with Crippen molar-refractivity contribution in [1.29, 1.82) is 0 Å². The van der Waals surface area contributed by atoms with E-state index in [0.29, 0.717) is 17.6 Å². The highest BCUT2D eigenvalue weighted by Crippen LogP contribution is 2.50. The molecule has 2 aromatic rings. The van der Waals surface area contributed by atoms with Gasteiger partial charge in [-0.15, -0.1) is 0 Å². The first kappa shape index (κ1) is 27.5. The lowest BCUT2D eigenvalue weighted by molar-refractivity contribution is -0.137. The van der Waals surface area contributed by atoms with Crippen LogP contribution in [0.2, 0.25) is 0 Å². The van der Waals surface area contributed by atoms with Crippen LogP contribution in [0.25, 0.3) is 0 Å². The van der Waals surface area contributed by atoms with Gasteiger partial charge in [0, 0.05) is 17.2 Å². The monoisotopic (exact) mass is 554 g/mol. The molecule has 0 bridgehead atoms. The van der Waals surface area contributed by atoms with Crippen molar-refractivity contribution in [2.75, 3.05) is 4.90 Å². The zero-order valence-corrected chi connectivity index (χ0v) is 22.7. The maximum Gasteiger partial charge on any atom is 0.417 e. The molecule has 2 aromatic carbocycles. The molecule has 10 heteroatoms. The highest BCUT2D eigenvalue weighted by atomic mass is 19.4. The Labute approximate surface area is 229 Å². The summed E-state index contributed by atoms with van der Waals surface area (Å²) in [5.74, 6) is -1.36. The molecule has 3 atom stereocenters. The van der Waals surface area contributed by atoms with Crippen molar-refractivity contribution in [3.63, 3.8) is 0 Å². The lowest BCUT2D eigenvalue weighted by Gasteiger charge is -2.27. The third kappa shape index (κ3) is 4.65. The molecule has 0 radical (unpaired) electrons. The summed E-state index contributed by atoms with van der Waals surface area (Å²) in [7, 11) is 0. The maximum absolute atomic E-state index is 13.6. The van der Waals surface area contributed by atoms with Crippen LogP contribution >= 0.6 is 0 Å². The number of amides is 3. The van der Waals surface area contributed by atoms with Gasteiger partial charge in [-0.05, 0) is 82.0 Å². The molecule has 0 aromatic heterocycles. The summed E-state index contributed by atoms with van der Waals surface area (Å²) < 4.78 is 50.9. The molecule has 0 spiro atoms. The SMILES string of the molecule is CC1=C(C)C(O/C=C2/C(=O)N(C(=O)OC(C)(C)C)C3c4ccccc4CC23)N(c2ccc(C(F)(F)F)cc2)C1=O. The van der Waals surface area contributed by atoms with E-state index in [1.54, 1.807) is 34.6 Å². The number of carbonyl (C=O) groups is 3. The summed E-state index contributed by atoms with van der Waals surface area (Å²) in [6, 6.07) is 11.2. The molecule has 210 valence electrons. The first-order valence-electron chi connectivity index (χ1n) is 12.9. The van der Waals surface area contributed by atoms with Crippen LogP contribution in [0.4, 0.5) is 23.7 Å². The van der Waals surface area contributed by atoms with Crippen LogP contribution in [-0.4, -0.2) is 34.6 Å². The number of hydrogen-bond donors (Lipinski definition) is 0. The number of likely N-dealkylation sites (tertiary alicyclic amines) is 1. The molecule has 1 saturated heterocycles. The Morgan fingerprint density at radius 3 is 2.25 bits per heavy atom. The molecular weight excluding hydrogens is 525 g/mol.